The van der Waals surface area contributed by atoms with Crippen molar-refractivity contribution in [1.82, 2.24) is 10.6 Å². The molecule has 148 valence electrons. The Labute approximate surface area is 148 Å². The van der Waals surface area contributed by atoms with Crippen molar-refractivity contribution < 1.29 is 39.3 Å². The predicted octanol–water partition coefficient (Wildman–Crippen LogP) is -3.12. The number of amides is 3. The molecule has 0 aliphatic carbocycles. The van der Waals surface area contributed by atoms with Crippen LogP contribution in [0.5, 0.6) is 0 Å². The van der Waals surface area contributed by atoms with E-state index in [0.717, 1.165) is 0 Å². The highest BCUT2D eigenvalue weighted by Crippen LogP contribution is 2.03. The van der Waals surface area contributed by atoms with Gasteiger partial charge < -0.3 is 37.4 Å². The van der Waals surface area contributed by atoms with Crippen LogP contribution in [0, 0.1) is 0 Å². The molecular weight excluding hydrogens is 352 g/mol. The number of rotatable bonds is 12. The van der Waals surface area contributed by atoms with Crippen LogP contribution in [0.25, 0.3) is 0 Å². The Morgan fingerprint density at radius 2 is 1.42 bits per heavy atom. The topological polar surface area (TPSA) is 222 Å². The summed E-state index contributed by atoms with van der Waals surface area (Å²) in [6.45, 7) is 1.25. The van der Waals surface area contributed by atoms with E-state index in [4.69, 9.17) is 21.7 Å². The number of carboxylic acid groups (broad SMARTS) is 2. The lowest BCUT2D eigenvalue weighted by molar-refractivity contribution is -0.143. The Hall–Kier alpha value is -2.73. The average Bonchev–Trinajstić information content (AvgIpc) is 2.53. The second kappa shape index (κ2) is 11.0. The molecule has 0 saturated carbocycles. The van der Waals surface area contributed by atoms with Crippen molar-refractivity contribution >= 4 is 29.7 Å². The van der Waals surface area contributed by atoms with Crippen molar-refractivity contribution in [3.63, 3.8) is 0 Å². The van der Waals surface area contributed by atoms with Crippen LogP contribution in [-0.2, 0) is 24.0 Å². The molecule has 12 heteroatoms. The molecule has 0 unspecified atom stereocenters. The van der Waals surface area contributed by atoms with Crippen molar-refractivity contribution in [2.75, 3.05) is 0 Å². The molecule has 9 N–H and O–H groups in total. The van der Waals surface area contributed by atoms with Crippen LogP contribution in [-0.4, -0.2) is 69.2 Å². The van der Waals surface area contributed by atoms with E-state index < -0.39 is 60.3 Å². The fourth-order valence-electron chi connectivity index (χ4n) is 1.84. The van der Waals surface area contributed by atoms with E-state index in [1.54, 1.807) is 0 Å². The van der Waals surface area contributed by atoms with Crippen LogP contribution >= 0.6 is 0 Å². The maximum Gasteiger partial charge on any atom is 0.326 e. The minimum atomic E-state index is -1.45. The number of carbonyl (C=O) groups is 5. The summed E-state index contributed by atoms with van der Waals surface area (Å²) in [6, 6.07) is -4.20. The zero-order valence-electron chi connectivity index (χ0n) is 14.2. The van der Waals surface area contributed by atoms with E-state index >= 15 is 0 Å². The molecule has 0 rings (SSSR count). The van der Waals surface area contributed by atoms with Gasteiger partial charge >= 0.3 is 11.9 Å². The smallest absolute Gasteiger partial charge is 0.326 e. The monoisotopic (exact) mass is 376 g/mol. The third kappa shape index (κ3) is 8.94. The van der Waals surface area contributed by atoms with Crippen LogP contribution in [0.1, 0.15) is 32.6 Å². The van der Waals surface area contributed by atoms with Gasteiger partial charge in [-0.25, -0.2) is 4.79 Å². The highest BCUT2D eigenvalue weighted by atomic mass is 16.4. The summed E-state index contributed by atoms with van der Waals surface area (Å²) in [7, 11) is 0. The Morgan fingerprint density at radius 1 is 0.923 bits per heavy atom. The van der Waals surface area contributed by atoms with Crippen LogP contribution in [0.3, 0.4) is 0 Å². The molecule has 0 fully saturated rings. The largest absolute Gasteiger partial charge is 0.481 e. The maximum atomic E-state index is 12.2. The van der Waals surface area contributed by atoms with E-state index in [-0.39, 0.29) is 19.3 Å². The number of primary amides is 1. The first-order valence-corrected chi connectivity index (χ1v) is 7.73. The van der Waals surface area contributed by atoms with Gasteiger partial charge in [0.2, 0.25) is 17.7 Å². The SMILES string of the molecule is C[C@@H](O)[C@H](N)C(=O)N[C@@H](CCC(=O)O)C(=O)N[C@@H](CCC(N)=O)C(=O)O. The van der Waals surface area contributed by atoms with Gasteiger partial charge in [0, 0.05) is 12.8 Å². The van der Waals surface area contributed by atoms with Crippen molar-refractivity contribution in [2.45, 2.75) is 56.8 Å². The van der Waals surface area contributed by atoms with Crippen molar-refractivity contribution in [3.8, 4) is 0 Å². The lowest BCUT2D eigenvalue weighted by Crippen LogP contribution is -2.56. The second-order valence-electron chi connectivity index (χ2n) is 5.66. The summed E-state index contributed by atoms with van der Waals surface area (Å²) in [4.78, 5) is 56.7. The van der Waals surface area contributed by atoms with Gasteiger partial charge in [-0.15, -0.1) is 0 Å². The molecule has 0 bridgehead atoms. The Balaban J connectivity index is 5.11. The molecule has 12 nitrogen and oxygen atoms in total. The average molecular weight is 376 g/mol. The maximum absolute atomic E-state index is 12.2. The molecule has 0 spiro atoms. The minimum Gasteiger partial charge on any atom is -0.481 e. The third-order valence-electron chi connectivity index (χ3n) is 3.40. The molecule has 0 heterocycles. The number of carbonyl (C=O) groups excluding carboxylic acids is 3. The zero-order chi connectivity index (χ0) is 20.4. The van der Waals surface area contributed by atoms with E-state index in [2.05, 4.69) is 10.6 Å². The van der Waals surface area contributed by atoms with Crippen LogP contribution < -0.4 is 22.1 Å². The number of carboxylic acids is 2. The zero-order valence-corrected chi connectivity index (χ0v) is 14.2. The third-order valence-corrected chi connectivity index (χ3v) is 3.40. The summed E-state index contributed by atoms with van der Waals surface area (Å²) in [6.07, 6.45) is -2.61. The summed E-state index contributed by atoms with van der Waals surface area (Å²) in [5.74, 6) is -5.29. The first-order valence-electron chi connectivity index (χ1n) is 7.73. The summed E-state index contributed by atoms with van der Waals surface area (Å²) >= 11 is 0. The molecule has 3 amide bonds. The molecule has 0 radical (unpaired) electrons. The van der Waals surface area contributed by atoms with Gasteiger partial charge in [0.15, 0.2) is 0 Å². The Morgan fingerprint density at radius 3 is 1.85 bits per heavy atom. The lowest BCUT2D eigenvalue weighted by Gasteiger charge is -2.23. The molecule has 26 heavy (non-hydrogen) atoms. The molecule has 0 aromatic rings. The Bertz CT molecular complexity index is 551. The molecule has 0 aliphatic rings. The lowest BCUT2D eigenvalue weighted by atomic mass is 10.1. The molecule has 4 atom stereocenters. The van der Waals surface area contributed by atoms with E-state index in [0.29, 0.717) is 0 Å². The van der Waals surface area contributed by atoms with Crippen LogP contribution in [0.2, 0.25) is 0 Å². The van der Waals surface area contributed by atoms with Crippen LogP contribution in [0.15, 0.2) is 0 Å². The van der Waals surface area contributed by atoms with Gasteiger partial charge in [-0.1, -0.05) is 0 Å². The number of aliphatic hydroxyl groups excluding tert-OH is 1. The van der Waals surface area contributed by atoms with Crippen LogP contribution in [0.4, 0.5) is 0 Å². The standard InChI is InChI=1S/C14H24N4O8/c1-6(19)11(16)13(24)17-7(3-5-10(21)22)12(23)18-8(14(25)26)2-4-9(15)20/h6-8,11,19H,2-5,16H2,1H3,(H2,15,20)(H,17,24)(H,18,23)(H,21,22)(H,25,26)/t6-,7+,8+,11+/m1/s1. The van der Waals surface area contributed by atoms with E-state index in [1.807, 2.05) is 0 Å². The number of hydrogen-bond donors (Lipinski definition) is 7. The van der Waals surface area contributed by atoms with Gasteiger partial charge in [0.05, 0.1) is 6.10 Å². The van der Waals surface area contributed by atoms with Crippen molar-refractivity contribution in [2.24, 2.45) is 11.5 Å². The fraction of sp³-hybridized carbons (Fsp3) is 0.643. The molecule has 0 aromatic heterocycles. The Kier molecular flexibility index (Phi) is 9.84. The first-order chi connectivity index (χ1) is 12.0. The quantitative estimate of drug-likeness (QED) is 0.183. The van der Waals surface area contributed by atoms with Gasteiger partial charge in [0.1, 0.15) is 18.1 Å². The number of hydrogen-bond acceptors (Lipinski definition) is 7. The predicted molar refractivity (Wildman–Crippen MR) is 86.5 cm³/mol. The minimum absolute atomic E-state index is 0.275. The highest BCUT2D eigenvalue weighted by Gasteiger charge is 2.29. The fourth-order valence-corrected chi connectivity index (χ4v) is 1.84. The van der Waals surface area contributed by atoms with E-state index in [1.165, 1.54) is 6.92 Å². The van der Waals surface area contributed by atoms with Gasteiger partial charge in [-0.3, -0.25) is 19.2 Å². The van der Waals surface area contributed by atoms with Crippen molar-refractivity contribution in [1.29, 1.82) is 0 Å². The van der Waals surface area contributed by atoms with Gasteiger partial charge in [-0.2, -0.15) is 0 Å². The van der Waals surface area contributed by atoms with Gasteiger partial charge in [-0.05, 0) is 19.8 Å². The highest BCUT2D eigenvalue weighted by molar-refractivity contribution is 5.92. The summed E-state index contributed by atoms with van der Waals surface area (Å²) in [5.41, 5.74) is 10.4. The number of aliphatic carboxylic acids is 2. The molecule has 0 aromatic carbocycles. The number of aliphatic hydroxyl groups is 1. The molecule has 0 saturated heterocycles. The number of nitrogens with one attached hydrogen (secondary N) is 2. The second-order valence-corrected chi connectivity index (χ2v) is 5.66. The summed E-state index contributed by atoms with van der Waals surface area (Å²) in [5, 5.41) is 31.4. The first kappa shape index (κ1) is 23.3. The van der Waals surface area contributed by atoms with Gasteiger partial charge in [0.25, 0.3) is 0 Å². The normalized spacial score (nSPS) is 15.2. The van der Waals surface area contributed by atoms with E-state index in [9.17, 15) is 29.1 Å². The molecular formula is C14H24N4O8. The summed E-state index contributed by atoms with van der Waals surface area (Å²) < 4.78 is 0. The number of nitrogens with two attached hydrogens (primary N) is 2. The molecule has 0 aliphatic heterocycles. The van der Waals surface area contributed by atoms with Crippen molar-refractivity contribution in [3.05, 3.63) is 0 Å².